The van der Waals surface area contributed by atoms with Gasteiger partial charge in [-0.25, -0.2) is 0 Å². The summed E-state index contributed by atoms with van der Waals surface area (Å²) >= 11 is 12.0. The second-order valence-electron chi connectivity index (χ2n) is 8.67. The molecule has 4 atom stereocenters. The first-order chi connectivity index (χ1) is 12.8. The van der Waals surface area contributed by atoms with Gasteiger partial charge >= 0.3 is 5.97 Å². The minimum absolute atomic E-state index is 0.168. The molecule has 7 heteroatoms. The normalized spacial score (nSPS) is 33.7. The van der Waals surface area contributed by atoms with E-state index in [9.17, 15) is 14.7 Å². The van der Waals surface area contributed by atoms with Gasteiger partial charge in [0, 0.05) is 0 Å². The Bertz CT molecular complexity index is 747. The van der Waals surface area contributed by atoms with Gasteiger partial charge in [-0.3, -0.25) is 9.59 Å². The first kappa shape index (κ1) is 19.0. The van der Waals surface area contributed by atoms with Crippen LogP contribution in [0.25, 0.3) is 0 Å². The third-order valence-corrected chi connectivity index (χ3v) is 6.89. The van der Waals surface area contributed by atoms with E-state index < -0.39 is 11.5 Å². The minimum atomic E-state index is -0.609. The molecule has 0 aromatic heterocycles. The lowest BCUT2D eigenvalue weighted by Gasteiger charge is -2.60. The standard InChI is InChI=1S/C20H23Cl2NO4/c21-14-2-1-3-15(22)18(14)23-16(24)10-27-17(25)9-19-5-12-4-13(6-19)8-20(26,7-12)11-19/h1-3,12-13,26H,4-11H2,(H,23,24)/t12-,13+,19?,20?. The zero-order valence-corrected chi connectivity index (χ0v) is 16.5. The Morgan fingerprint density at radius 3 is 2.37 bits per heavy atom. The number of nitrogens with one attached hydrogen (secondary N) is 1. The number of carbonyl (C=O) groups excluding carboxylic acids is 2. The molecule has 2 N–H and O–H groups in total. The van der Waals surface area contributed by atoms with Crippen molar-refractivity contribution in [1.29, 1.82) is 0 Å². The van der Waals surface area contributed by atoms with Crippen LogP contribution in [-0.4, -0.2) is 29.2 Å². The van der Waals surface area contributed by atoms with Crippen LogP contribution in [-0.2, 0) is 14.3 Å². The predicted molar refractivity (Wildman–Crippen MR) is 103 cm³/mol. The summed E-state index contributed by atoms with van der Waals surface area (Å²) < 4.78 is 5.21. The van der Waals surface area contributed by atoms with Crippen molar-refractivity contribution >= 4 is 40.8 Å². The zero-order valence-electron chi connectivity index (χ0n) is 15.0. The lowest BCUT2D eigenvalue weighted by Crippen LogP contribution is -2.56. The highest BCUT2D eigenvalue weighted by Crippen LogP contribution is 2.62. The van der Waals surface area contributed by atoms with E-state index >= 15 is 0 Å². The van der Waals surface area contributed by atoms with Crippen molar-refractivity contribution in [2.45, 2.75) is 50.5 Å². The molecule has 1 aromatic rings. The van der Waals surface area contributed by atoms with E-state index in [1.807, 2.05) is 0 Å². The van der Waals surface area contributed by atoms with Gasteiger partial charge in [0.2, 0.25) is 0 Å². The van der Waals surface area contributed by atoms with E-state index in [0.29, 0.717) is 34.0 Å². The fourth-order valence-electron chi connectivity index (χ4n) is 5.90. The summed E-state index contributed by atoms with van der Waals surface area (Å²) in [5.41, 5.74) is -0.466. The van der Waals surface area contributed by atoms with Crippen molar-refractivity contribution < 1.29 is 19.4 Å². The number of carbonyl (C=O) groups is 2. The second kappa shape index (κ2) is 6.94. The average Bonchev–Trinajstić information content (AvgIpc) is 2.54. The summed E-state index contributed by atoms with van der Waals surface area (Å²) in [5, 5.41) is 14.0. The van der Waals surface area contributed by atoms with E-state index in [1.165, 1.54) is 6.42 Å². The summed E-state index contributed by atoms with van der Waals surface area (Å²) in [4.78, 5) is 24.5. The summed E-state index contributed by atoms with van der Waals surface area (Å²) in [6, 6.07) is 4.92. The summed E-state index contributed by atoms with van der Waals surface area (Å²) in [5.74, 6) is 0.146. The number of esters is 1. The Labute approximate surface area is 168 Å². The Balaban J connectivity index is 1.32. The summed E-state index contributed by atoms with van der Waals surface area (Å²) in [6.45, 7) is -0.381. The van der Waals surface area contributed by atoms with E-state index in [-0.39, 0.29) is 24.4 Å². The second-order valence-corrected chi connectivity index (χ2v) is 9.48. The van der Waals surface area contributed by atoms with E-state index in [2.05, 4.69) is 5.32 Å². The van der Waals surface area contributed by atoms with Crippen LogP contribution >= 0.6 is 23.2 Å². The van der Waals surface area contributed by atoms with Crippen LogP contribution in [0.3, 0.4) is 0 Å². The smallest absolute Gasteiger partial charge is 0.306 e. The fourth-order valence-corrected chi connectivity index (χ4v) is 6.40. The molecular formula is C20H23Cl2NO4. The summed E-state index contributed by atoms with van der Waals surface area (Å²) in [6.07, 6.45) is 5.78. The molecule has 4 fully saturated rings. The van der Waals surface area contributed by atoms with E-state index in [1.54, 1.807) is 18.2 Å². The molecule has 4 aliphatic rings. The lowest BCUT2D eigenvalue weighted by atomic mass is 9.47. The maximum Gasteiger partial charge on any atom is 0.306 e. The van der Waals surface area contributed by atoms with Crippen molar-refractivity contribution in [3.05, 3.63) is 28.2 Å². The van der Waals surface area contributed by atoms with Crippen molar-refractivity contribution in [3.8, 4) is 0 Å². The number of halogens is 2. The van der Waals surface area contributed by atoms with Crippen molar-refractivity contribution in [3.63, 3.8) is 0 Å². The van der Waals surface area contributed by atoms with E-state index in [0.717, 1.165) is 25.7 Å². The van der Waals surface area contributed by atoms with Crippen LogP contribution in [0.1, 0.15) is 44.9 Å². The van der Waals surface area contributed by atoms with E-state index in [4.69, 9.17) is 27.9 Å². The molecule has 4 aliphatic carbocycles. The molecule has 1 amide bonds. The van der Waals surface area contributed by atoms with Crippen molar-refractivity contribution in [1.82, 2.24) is 0 Å². The number of aliphatic hydroxyl groups is 1. The van der Waals surface area contributed by atoms with Gasteiger partial charge in [-0.1, -0.05) is 29.3 Å². The molecule has 0 saturated heterocycles. The number of hydrogen-bond acceptors (Lipinski definition) is 4. The van der Waals surface area contributed by atoms with Crippen LogP contribution in [0.5, 0.6) is 0 Å². The number of ether oxygens (including phenoxy) is 1. The van der Waals surface area contributed by atoms with Gasteiger partial charge < -0.3 is 15.2 Å². The minimum Gasteiger partial charge on any atom is -0.456 e. The topological polar surface area (TPSA) is 75.6 Å². The van der Waals surface area contributed by atoms with Crippen LogP contribution in [0.2, 0.25) is 10.0 Å². The highest BCUT2D eigenvalue weighted by atomic mass is 35.5. The van der Waals surface area contributed by atoms with Crippen LogP contribution in [0.15, 0.2) is 18.2 Å². The third kappa shape index (κ3) is 3.96. The monoisotopic (exact) mass is 411 g/mol. The lowest BCUT2D eigenvalue weighted by molar-refractivity contribution is -0.177. The van der Waals surface area contributed by atoms with Gasteiger partial charge in [0.1, 0.15) is 0 Å². The number of amides is 1. The molecule has 0 aliphatic heterocycles. The van der Waals surface area contributed by atoms with Crippen LogP contribution in [0.4, 0.5) is 5.69 Å². The number of hydrogen-bond donors (Lipinski definition) is 2. The molecular weight excluding hydrogens is 389 g/mol. The molecule has 5 rings (SSSR count). The molecule has 2 unspecified atom stereocenters. The highest BCUT2D eigenvalue weighted by molar-refractivity contribution is 6.39. The molecule has 27 heavy (non-hydrogen) atoms. The third-order valence-electron chi connectivity index (χ3n) is 6.26. The molecule has 5 nitrogen and oxygen atoms in total. The van der Waals surface area contributed by atoms with Crippen molar-refractivity contribution in [2.24, 2.45) is 17.3 Å². The number of para-hydroxylation sites is 1. The van der Waals surface area contributed by atoms with Crippen molar-refractivity contribution in [2.75, 3.05) is 11.9 Å². The van der Waals surface area contributed by atoms with Crippen LogP contribution < -0.4 is 5.32 Å². The Hall–Kier alpha value is -1.30. The molecule has 146 valence electrons. The predicted octanol–water partition coefficient (Wildman–Crippen LogP) is 4.20. The maximum absolute atomic E-state index is 12.4. The SMILES string of the molecule is O=C(COC(=O)CC12C[C@@H]3C[C@@H](CC(O)(C3)C1)C2)Nc1c(Cl)cccc1Cl. The fraction of sp³-hybridized carbons (Fsp3) is 0.600. The van der Waals surface area contributed by atoms with Gasteiger partial charge in [0.15, 0.2) is 6.61 Å². The largest absolute Gasteiger partial charge is 0.456 e. The number of rotatable bonds is 5. The highest BCUT2D eigenvalue weighted by Gasteiger charge is 2.57. The van der Waals surface area contributed by atoms with Crippen LogP contribution in [0, 0.1) is 17.3 Å². The molecule has 0 heterocycles. The summed E-state index contributed by atoms with van der Waals surface area (Å²) in [7, 11) is 0. The first-order valence-electron chi connectivity index (χ1n) is 9.38. The van der Waals surface area contributed by atoms with Gasteiger partial charge in [-0.15, -0.1) is 0 Å². The maximum atomic E-state index is 12.4. The molecule has 1 aromatic carbocycles. The van der Waals surface area contributed by atoms with Gasteiger partial charge in [-0.2, -0.15) is 0 Å². The van der Waals surface area contributed by atoms with Gasteiger partial charge in [-0.05, 0) is 67.9 Å². The quantitative estimate of drug-likeness (QED) is 0.711. The number of benzene rings is 1. The molecule has 4 bridgehead atoms. The zero-order chi connectivity index (χ0) is 19.2. The average molecular weight is 412 g/mol. The number of anilines is 1. The Morgan fingerprint density at radius 2 is 1.78 bits per heavy atom. The Kier molecular flexibility index (Phi) is 4.90. The molecule has 0 spiro atoms. The molecule has 0 radical (unpaired) electrons. The van der Waals surface area contributed by atoms with Gasteiger partial charge in [0.25, 0.3) is 5.91 Å². The van der Waals surface area contributed by atoms with Gasteiger partial charge in [0.05, 0.1) is 27.8 Å². The molecule has 4 saturated carbocycles. The first-order valence-corrected chi connectivity index (χ1v) is 10.1. The Morgan fingerprint density at radius 1 is 1.15 bits per heavy atom.